The first kappa shape index (κ1) is 16.0. The van der Waals surface area contributed by atoms with Gasteiger partial charge in [0.25, 0.3) is 0 Å². The van der Waals surface area contributed by atoms with Gasteiger partial charge in [-0.2, -0.15) is 0 Å². The van der Waals surface area contributed by atoms with E-state index in [2.05, 4.69) is 21.2 Å². The van der Waals surface area contributed by atoms with Crippen molar-refractivity contribution in [3.8, 4) is 0 Å². The van der Waals surface area contributed by atoms with Crippen LogP contribution in [0.25, 0.3) is 0 Å². The van der Waals surface area contributed by atoms with Crippen LogP contribution in [0.5, 0.6) is 0 Å². The van der Waals surface area contributed by atoms with Gasteiger partial charge in [0.05, 0.1) is 11.7 Å². The van der Waals surface area contributed by atoms with E-state index in [1.165, 1.54) is 5.56 Å². The molecule has 5 heteroatoms. The molecule has 0 unspecified atom stereocenters. The maximum absolute atomic E-state index is 12.1. The fourth-order valence-corrected chi connectivity index (χ4v) is 2.43. The number of nitrogens with one attached hydrogen (secondary N) is 1. The highest BCUT2D eigenvalue weighted by Gasteiger charge is 2.15. The van der Waals surface area contributed by atoms with Crippen LogP contribution in [0.4, 0.5) is 5.69 Å². The Kier molecular flexibility index (Phi) is 5.79. The molecule has 0 aliphatic carbocycles. The number of benzene rings is 2. The quantitative estimate of drug-likeness (QED) is 0.839. The standard InChI is InChI=1S/C16H16BrClN2O/c17-13-8-7-12(18)10-15(13)20-16(21)14(19)9-6-11-4-2-1-3-5-11/h1-5,7-8,10,14H,6,9,19H2,(H,20,21)/t14-/m0/s1. The van der Waals surface area contributed by atoms with E-state index in [4.69, 9.17) is 17.3 Å². The van der Waals surface area contributed by atoms with Crippen molar-refractivity contribution in [2.45, 2.75) is 18.9 Å². The lowest BCUT2D eigenvalue weighted by molar-refractivity contribution is -0.117. The lowest BCUT2D eigenvalue weighted by Gasteiger charge is -2.13. The van der Waals surface area contributed by atoms with Crippen molar-refractivity contribution in [1.29, 1.82) is 0 Å². The van der Waals surface area contributed by atoms with Crippen molar-refractivity contribution in [3.63, 3.8) is 0 Å². The second kappa shape index (κ2) is 7.59. The number of carbonyl (C=O) groups is 1. The molecule has 21 heavy (non-hydrogen) atoms. The topological polar surface area (TPSA) is 55.1 Å². The molecule has 0 saturated carbocycles. The third kappa shape index (κ3) is 4.84. The molecule has 1 atom stereocenters. The molecule has 3 nitrogen and oxygen atoms in total. The summed E-state index contributed by atoms with van der Waals surface area (Å²) in [6.45, 7) is 0. The number of halogens is 2. The van der Waals surface area contributed by atoms with Gasteiger partial charge < -0.3 is 11.1 Å². The molecule has 0 spiro atoms. The van der Waals surface area contributed by atoms with Gasteiger partial charge in [-0.1, -0.05) is 41.9 Å². The van der Waals surface area contributed by atoms with E-state index < -0.39 is 6.04 Å². The van der Waals surface area contributed by atoms with Crippen LogP contribution in [-0.2, 0) is 11.2 Å². The summed E-state index contributed by atoms with van der Waals surface area (Å²) in [5, 5.41) is 3.35. The van der Waals surface area contributed by atoms with Crippen molar-refractivity contribution >= 4 is 39.1 Å². The van der Waals surface area contributed by atoms with Gasteiger partial charge in [0.1, 0.15) is 0 Å². The number of rotatable bonds is 5. The molecule has 0 radical (unpaired) electrons. The Bertz CT molecular complexity index is 619. The van der Waals surface area contributed by atoms with Gasteiger partial charge in [0.15, 0.2) is 0 Å². The van der Waals surface area contributed by atoms with Crippen LogP contribution in [-0.4, -0.2) is 11.9 Å². The molecule has 0 aromatic heterocycles. The third-order valence-corrected chi connectivity index (χ3v) is 4.04. The highest BCUT2D eigenvalue weighted by atomic mass is 79.9. The number of nitrogens with two attached hydrogens (primary N) is 1. The Labute approximate surface area is 137 Å². The van der Waals surface area contributed by atoms with Crippen LogP contribution in [0.1, 0.15) is 12.0 Å². The zero-order valence-electron chi connectivity index (χ0n) is 11.4. The van der Waals surface area contributed by atoms with Crippen molar-refractivity contribution in [2.24, 2.45) is 5.73 Å². The molecule has 0 fully saturated rings. The Hall–Kier alpha value is -1.36. The zero-order chi connectivity index (χ0) is 15.2. The maximum atomic E-state index is 12.1. The summed E-state index contributed by atoms with van der Waals surface area (Å²) in [6.07, 6.45) is 1.36. The van der Waals surface area contributed by atoms with E-state index in [9.17, 15) is 4.79 Å². The molecule has 3 N–H and O–H groups in total. The minimum Gasteiger partial charge on any atom is -0.324 e. The average Bonchev–Trinajstić information content (AvgIpc) is 2.49. The predicted molar refractivity (Wildman–Crippen MR) is 90.5 cm³/mol. The first-order valence-electron chi connectivity index (χ1n) is 6.61. The molecular weight excluding hydrogens is 352 g/mol. The van der Waals surface area contributed by atoms with Crippen molar-refractivity contribution in [1.82, 2.24) is 0 Å². The Balaban J connectivity index is 1.92. The fourth-order valence-electron chi connectivity index (χ4n) is 1.92. The van der Waals surface area contributed by atoms with E-state index >= 15 is 0 Å². The van der Waals surface area contributed by atoms with Crippen LogP contribution in [0, 0.1) is 0 Å². The molecule has 110 valence electrons. The average molecular weight is 368 g/mol. The number of anilines is 1. The van der Waals surface area contributed by atoms with Crippen molar-refractivity contribution in [2.75, 3.05) is 5.32 Å². The minimum atomic E-state index is -0.559. The number of hydrogen-bond donors (Lipinski definition) is 2. The van der Waals surface area contributed by atoms with Crippen LogP contribution < -0.4 is 11.1 Å². The third-order valence-electron chi connectivity index (χ3n) is 3.11. The van der Waals surface area contributed by atoms with Crippen LogP contribution in [0.15, 0.2) is 53.0 Å². The second-order valence-corrected chi connectivity index (χ2v) is 6.03. The van der Waals surface area contributed by atoms with E-state index in [-0.39, 0.29) is 5.91 Å². The molecule has 2 aromatic carbocycles. The summed E-state index contributed by atoms with van der Waals surface area (Å²) in [5.74, 6) is -0.214. The number of amides is 1. The largest absolute Gasteiger partial charge is 0.324 e. The van der Waals surface area contributed by atoms with Gasteiger partial charge >= 0.3 is 0 Å². The highest BCUT2D eigenvalue weighted by molar-refractivity contribution is 9.10. The van der Waals surface area contributed by atoms with E-state index in [0.717, 1.165) is 10.9 Å². The second-order valence-electron chi connectivity index (χ2n) is 4.74. The van der Waals surface area contributed by atoms with E-state index in [1.807, 2.05) is 30.3 Å². The molecule has 0 heterocycles. The summed E-state index contributed by atoms with van der Waals surface area (Å²) in [6, 6.07) is 14.6. The van der Waals surface area contributed by atoms with E-state index in [0.29, 0.717) is 17.1 Å². The van der Waals surface area contributed by atoms with Gasteiger partial charge in [0.2, 0.25) is 5.91 Å². The highest BCUT2D eigenvalue weighted by Crippen LogP contribution is 2.26. The molecular formula is C16H16BrClN2O. The molecule has 2 rings (SSSR count). The summed E-state index contributed by atoms with van der Waals surface area (Å²) in [4.78, 5) is 12.1. The smallest absolute Gasteiger partial charge is 0.241 e. The van der Waals surface area contributed by atoms with Crippen molar-refractivity contribution < 1.29 is 4.79 Å². The van der Waals surface area contributed by atoms with Gasteiger partial charge in [0, 0.05) is 9.50 Å². The van der Waals surface area contributed by atoms with Crippen LogP contribution in [0.3, 0.4) is 0 Å². The summed E-state index contributed by atoms with van der Waals surface area (Å²) < 4.78 is 0.774. The predicted octanol–water partition coefficient (Wildman–Crippen LogP) is 4.00. The Morgan fingerprint density at radius 3 is 2.67 bits per heavy atom. The molecule has 0 aliphatic rings. The maximum Gasteiger partial charge on any atom is 0.241 e. The minimum absolute atomic E-state index is 0.214. The lowest BCUT2D eigenvalue weighted by Crippen LogP contribution is -2.36. The summed E-state index contributed by atoms with van der Waals surface area (Å²) >= 11 is 9.29. The SMILES string of the molecule is N[C@@H](CCc1ccccc1)C(=O)Nc1cc(Cl)ccc1Br. The molecule has 0 aliphatic heterocycles. The number of hydrogen-bond acceptors (Lipinski definition) is 2. The van der Waals surface area contributed by atoms with Crippen molar-refractivity contribution in [3.05, 3.63) is 63.6 Å². The first-order valence-corrected chi connectivity index (χ1v) is 7.79. The van der Waals surface area contributed by atoms with E-state index in [1.54, 1.807) is 18.2 Å². The molecule has 1 amide bonds. The monoisotopic (exact) mass is 366 g/mol. The summed E-state index contributed by atoms with van der Waals surface area (Å²) in [5.41, 5.74) is 7.74. The molecule has 0 bridgehead atoms. The Morgan fingerprint density at radius 1 is 1.24 bits per heavy atom. The molecule has 0 saturated heterocycles. The van der Waals surface area contributed by atoms with Gasteiger partial charge in [-0.05, 0) is 52.5 Å². The zero-order valence-corrected chi connectivity index (χ0v) is 13.7. The molecule has 2 aromatic rings. The number of aryl methyl sites for hydroxylation is 1. The van der Waals surface area contributed by atoms with Crippen LogP contribution in [0.2, 0.25) is 5.02 Å². The fraction of sp³-hybridized carbons (Fsp3) is 0.188. The first-order chi connectivity index (χ1) is 10.1. The summed E-state index contributed by atoms with van der Waals surface area (Å²) in [7, 11) is 0. The van der Waals surface area contributed by atoms with Gasteiger partial charge in [-0.25, -0.2) is 0 Å². The van der Waals surface area contributed by atoms with Gasteiger partial charge in [-0.15, -0.1) is 0 Å². The van der Waals surface area contributed by atoms with Gasteiger partial charge in [-0.3, -0.25) is 4.79 Å². The normalized spacial score (nSPS) is 12.0. The van der Waals surface area contributed by atoms with Crippen LogP contribution >= 0.6 is 27.5 Å². The lowest BCUT2D eigenvalue weighted by atomic mass is 10.1. The number of carbonyl (C=O) groups excluding carboxylic acids is 1. The Morgan fingerprint density at radius 2 is 1.95 bits per heavy atom.